The van der Waals surface area contributed by atoms with Crippen LogP contribution in [0.25, 0.3) is 0 Å². The van der Waals surface area contributed by atoms with Crippen LogP contribution < -0.4 is 5.56 Å². The fourth-order valence-electron chi connectivity index (χ4n) is 1.81. The second-order valence-corrected chi connectivity index (χ2v) is 4.59. The summed E-state index contributed by atoms with van der Waals surface area (Å²) in [7, 11) is 0. The summed E-state index contributed by atoms with van der Waals surface area (Å²) in [6.45, 7) is 0.473. The molecule has 8 heteroatoms. The van der Waals surface area contributed by atoms with Gasteiger partial charge in [0.05, 0.1) is 0 Å². The van der Waals surface area contributed by atoms with Gasteiger partial charge in [0.1, 0.15) is 12.8 Å². The zero-order valence-electron chi connectivity index (χ0n) is 9.52. The van der Waals surface area contributed by atoms with Gasteiger partial charge < -0.3 is 9.84 Å². The Bertz CT molecular complexity index is 573. The van der Waals surface area contributed by atoms with Crippen molar-refractivity contribution in [3.63, 3.8) is 0 Å². The van der Waals surface area contributed by atoms with Crippen LogP contribution in [0.5, 0.6) is 0 Å². The molecule has 18 heavy (non-hydrogen) atoms. The molecule has 2 rings (SSSR count). The van der Waals surface area contributed by atoms with Crippen molar-refractivity contribution in [1.82, 2.24) is 9.55 Å². The lowest BCUT2D eigenvalue weighted by Crippen LogP contribution is -2.35. The molecule has 3 atom stereocenters. The quantitative estimate of drug-likeness (QED) is 0.796. The van der Waals surface area contributed by atoms with Gasteiger partial charge in [0.15, 0.2) is 10.9 Å². The lowest BCUT2D eigenvalue weighted by atomic mass is 10.2. The van der Waals surface area contributed by atoms with E-state index in [1.807, 2.05) is 0 Å². The Kier molecular flexibility index (Phi) is 3.35. The van der Waals surface area contributed by atoms with Gasteiger partial charge in [-0.1, -0.05) is 0 Å². The number of aliphatic hydroxyl groups is 1. The van der Waals surface area contributed by atoms with Gasteiger partial charge in [0, 0.05) is 18.2 Å². The fourth-order valence-corrected chi connectivity index (χ4v) is 2.07. The summed E-state index contributed by atoms with van der Waals surface area (Å²) in [6.07, 6.45) is -1.83. The Morgan fingerprint density at radius 2 is 2.44 bits per heavy atom. The van der Waals surface area contributed by atoms with Crippen LogP contribution >= 0.6 is 12.2 Å². The summed E-state index contributed by atoms with van der Waals surface area (Å²) in [5.41, 5.74) is -0.0114. The summed E-state index contributed by atoms with van der Waals surface area (Å²) in [4.78, 5) is 13.7. The lowest BCUT2D eigenvalue weighted by molar-refractivity contribution is -0.195. The summed E-state index contributed by atoms with van der Waals surface area (Å²) < 4.78 is 33.3. The van der Waals surface area contributed by atoms with Crippen molar-refractivity contribution in [1.29, 1.82) is 0 Å². The molecule has 1 saturated heterocycles. The fraction of sp³-hybridized carbons (Fsp3) is 0.600. The van der Waals surface area contributed by atoms with Gasteiger partial charge in [0.2, 0.25) is 0 Å². The van der Waals surface area contributed by atoms with Crippen LogP contribution in [0.3, 0.4) is 0 Å². The molecule has 5 nitrogen and oxygen atoms in total. The first-order chi connectivity index (χ1) is 8.37. The summed E-state index contributed by atoms with van der Waals surface area (Å²) in [5.74, 6) is -2.72. The molecule has 0 aromatic carbocycles. The van der Waals surface area contributed by atoms with Crippen molar-refractivity contribution in [2.75, 3.05) is 6.61 Å². The zero-order valence-corrected chi connectivity index (χ0v) is 10.3. The average Bonchev–Trinajstić information content (AvgIpc) is 2.61. The number of aliphatic hydroxyl groups excluding tert-OH is 1. The van der Waals surface area contributed by atoms with Crippen LogP contribution in [-0.4, -0.2) is 33.3 Å². The molecule has 1 aliphatic heterocycles. The minimum absolute atomic E-state index is 0.0185. The van der Waals surface area contributed by atoms with E-state index in [1.165, 1.54) is 10.8 Å². The number of hydrogen-bond acceptors (Lipinski definition) is 4. The molecule has 0 aliphatic carbocycles. The van der Waals surface area contributed by atoms with E-state index in [0.29, 0.717) is 5.56 Å². The SMILES string of the molecule is Cc1cn([C@H]2C[C@H](F)[C@@](F)(CO)O2)c(=S)[nH]c1=O. The Morgan fingerprint density at radius 1 is 1.78 bits per heavy atom. The van der Waals surface area contributed by atoms with Gasteiger partial charge in [0.25, 0.3) is 11.4 Å². The molecule has 100 valence electrons. The van der Waals surface area contributed by atoms with Gasteiger partial charge >= 0.3 is 0 Å². The van der Waals surface area contributed by atoms with Crippen LogP contribution in [0, 0.1) is 11.7 Å². The van der Waals surface area contributed by atoms with Gasteiger partial charge in [-0.3, -0.25) is 14.3 Å². The molecule has 2 heterocycles. The minimum Gasteiger partial charge on any atom is -0.390 e. The highest BCUT2D eigenvalue weighted by molar-refractivity contribution is 7.71. The molecule has 0 amide bonds. The number of nitrogens with one attached hydrogen (secondary N) is 1. The molecule has 2 N–H and O–H groups in total. The number of nitrogens with zero attached hydrogens (tertiary/aromatic N) is 1. The number of aromatic amines is 1. The molecule has 0 spiro atoms. The maximum atomic E-state index is 13.7. The van der Waals surface area contributed by atoms with Crippen LogP contribution in [0.1, 0.15) is 18.2 Å². The molecule has 0 saturated carbocycles. The number of ether oxygens (including phenoxy) is 1. The number of halogens is 2. The Morgan fingerprint density at radius 3 is 3.00 bits per heavy atom. The highest BCUT2D eigenvalue weighted by Gasteiger charge is 2.50. The predicted octanol–water partition coefficient (Wildman–Crippen LogP) is 1.13. The highest BCUT2D eigenvalue weighted by Crippen LogP contribution is 2.39. The second kappa shape index (κ2) is 4.52. The van der Waals surface area contributed by atoms with Crippen LogP contribution in [-0.2, 0) is 4.74 Å². The van der Waals surface area contributed by atoms with Gasteiger partial charge in [-0.25, -0.2) is 8.78 Å². The third-order valence-corrected chi connectivity index (χ3v) is 3.19. The van der Waals surface area contributed by atoms with E-state index in [1.54, 1.807) is 6.92 Å². The third-order valence-electron chi connectivity index (χ3n) is 2.88. The van der Waals surface area contributed by atoms with Crippen LogP contribution in [0.2, 0.25) is 0 Å². The molecule has 1 aromatic rings. The topological polar surface area (TPSA) is 67.2 Å². The second-order valence-electron chi connectivity index (χ2n) is 4.20. The lowest BCUT2D eigenvalue weighted by Gasteiger charge is -2.20. The third kappa shape index (κ3) is 2.11. The predicted molar refractivity (Wildman–Crippen MR) is 61.2 cm³/mol. The maximum absolute atomic E-state index is 13.7. The van der Waals surface area contributed by atoms with Crippen molar-refractivity contribution < 1.29 is 18.6 Å². The summed E-state index contributed by atoms with van der Waals surface area (Å²) in [6, 6.07) is 0. The Balaban J connectivity index is 2.38. The van der Waals surface area contributed by atoms with Gasteiger partial charge in [-0.2, -0.15) is 0 Å². The molecule has 0 radical (unpaired) electrons. The van der Waals surface area contributed by atoms with E-state index in [-0.39, 0.29) is 16.8 Å². The normalized spacial score (nSPS) is 31.8. The monoisotopic (exact) mass is 278 g/mol. The number of aryl methyl sites for hydroxylation is 1. The molecule has 0 unspecified atom stereocenters. The molecular weight excluding hydrogens is 266 g/mol. The molecule has 1 aliphatic rings. The number of H-pyrrole nitrogens is 1. The van der Waals surface area contributed by atoms with Crippen LogP contribution in [0.15, 0.2) is 11.0 Å². The van der Waals surface area contributed by atoms with Crippen molar-refractivity contribution in [2.45, 2.75) is 31.6 Å². The van der Waals surface area contributed by atoms with E-state index < -0.39 is 24.9 Å². The first-order valence-electron chi connectivity index (χ1n) is 5.31. The van der Waals surface area contributed by atoms with E-state index >= 15 is 0 Å². The number of hydrogen-bond donors (Lipinski definition) is 2. The first-order valence-corrected chi connectivity index (χ1v) is 5.72. The van der Waals surface area contributed by atoms with E-state index in [0.717, 1.165) is 0 Å². The minimum atomic E-state index is -2.72. The summed E-state index contributed by atoms with van der Waals surface area (Å²) >= 11 is 4.91. The van der Waals surface area contributed by atoms with Crippen molar-refractivity contribution in [3.05, 3.63) is 26.9 Å². The number of alkyl halides is 2. The van der Waals surface area contributed by atoms with E-state index in [4.69, 9.17) is 22.1 Å². The van der Waals surface area contributed by atoms with Gasteiger partial charge in [-0.15, -0.1) is 0 Å². The number of rotatable bonds is 2. The Labute approximate surface area is 106 Å². The smallest absolute Gasteiger partial charge is 0.265 e. The Hall–Kier alpha value is -1.12. The maximum Gasteiger partial charge on any atom is 0.265 e. The van der Waals surface area contributed by atoms with Crippen molar-refractivity contribution >= 4 is 12.2 Å². The number of aromatic nitrogens is 2. The molecule has 1 fully saturated rings. The van der Waals surface area contributed by atoms with Crippen molar-refractivity contribution in [3.8, 4) is 0 Å². The molecular formula is C10H12F2N2O3S. The zero-order chi connectivity index (χ0) is 13.5. The molecule has 1 aromatic heterocycles. The van der Waals surface area contributed by atoms with E-state index in [9.17, 15) is 13.6 Å². The van der Waals surface area contributed by atoms with Gasteiger partial charge in [-0.05, 0) is 19.1 Å². The van der Waals surface area contributed by atoms with Crippen LogP contribution in [0.4, 0.5) is 8.78 Å². The standard InChI is InChI=1S/C10H12F2N2O3S/c1-5-3-14(9(18)13-8(5)16)7-2-6(11)10(12,4-15)17-7/h3,6-7,15H,2,4H2,1H3,(H,13,16,18)/t6-,7+,10+/m0/s1. The summed E-state index contributed by atoms with van der Waals surface area (Å²) in [5, 5.41) is 8.80. The first kappa shape index (κ1) is 13.3. The average molecular weight is 278 g/mol. The van der Waals surface area contributed by atoms with Crippen molar-refractivity contribution in [2.24, 2.45) is 0 Å². The largest absolute Gasteiger partial charge is 0.390 e. The van der Waals surface area contributed by atoms with E-state index in [2.05, 4.69) is 4.98 Å². The molecule has 0 bridgehead atoms. The highest BCUT2D eigenvalue weighted by atomic mass is 32.1.